The van der Waals surface area contributed by atoms with Gasteiger partial charge in [0.15, 0.2) is 5.79 Å². The molecule has 1 fully saturated rings. The minimum atomic E-state index is -0.403. The van der Waals surface area contributed by atoms with Crippen LogP contribution < -0.4 is 0 Å². The van der Waals surface area contributed by atoms with Crippen molar-refractivity contribution in [1.82, 2.24) is 4.90 Å². The number of ether oxygens (including phenoxy) is 3. The van der Waals surface area contributed by atoms with Gasteiger partial charge < -0.3 is 19.1 Å². The van der Waals surface area contributed by atoms with E-state index in [0.717, 1.165) is 51.7 Å². The average Bonchev–Trinajstić information content (AvgIpc) is 3.46. The second kappa shape index (κ2) is 34.9. The number of hydrogen-bond donors (Lipinski definition) is 0. The fourth-order valence-corrected chi connectivity index (χ4v) is 6.97. The van der Waals surface area contributed by atoms with Gasteiger partial charge in [-0.15, -0.1) is 0 Å². The molecule has 1 aliphatic rings. The van der Waals surface area contributed by atoms with Crippen molar-refractivity contribution in [1.29, 1.82) is 0 Å². The van der Waals surface area contributed by atoms with E-state index < -0.39 is 5.79 Å². The van der Waals surface area contributed by atoms with Gasteiger partial charge >= 0.3 is 0 Å². The molecule has 0 bridgehead atoms. The van der Waals surface area contributed by atoms with Crippen molar-refractivity contribution in [2.75, 3.05) is 34.4 Å². The number of hydrogen-bond acceptors (Lipinski definition) is 4. The lowest BCUT2D eigenvalue weighted by Gasteiger charge is -2.29. The topological polar surface area (TPSA) is 30.9 Å². The Kier molecular flexibility index (Phi) is 32.6. The number of unbranched alkanes of at least 4 members (excludes halogenated alkanes) is 18. The van der Waals surface area contributed by atoms with Gasteiger partial charge in [-0.3, -0.25) is 0 Å². The standard InChI is InChI=1S/C46H85NO3/c1-6-8-10-12-14-16-18-20-22-24-26-28-30-32-34-36-40-46(49-44(38-42-47(3)4)45(50-46)39-43-48-5)41-37-35-33-31-29-27-25-23-21-19-17-15-13-11-9-7-2/h14-17,20-23,44-45H,6-13,18-19,24-43H2,1-5H3/b16-14-,17-15-,22-20-,23-21-. The lowest BCUT2D eigenvalue weighted by molar-refractivity contribution is -0.188. The highest BCUT2D eigenvalue weighted by molar-refractivity contribution is 4.93. The first-order valence-corrected chi connectivity index (χ1v) is 21.7. The second-order valence-electron chi connectivity index (χ2n) is 15.3. The molecule has 4 heteroatoms. The highest BCUT2D eigenvalue weighted by Gasteiger charge is 2.46. The van der Waals surface area contributed by atoms with Crippen LogP contribution in [0.5, 0.6) is 0 Å². The smallest absolute Gasteiger partial charge is 0.169 e. The summed E-state index contributed by atoms with van der Waals surface area (Å²) in [4.78, 5) is 2.27. The fraction of sp³-hybridized carbons (Fsp3) is 0.826. The van der Waals surface area contributed by atoms with Crippen LogP contribution in [0.4, 0.5) is 0 Å². The average molecular weight is 700 g/mol. The molecule has 0 radical (unpaired) electrons. The normalized spacial score (nSPS) is 18.0. The lowest BCUT2D eigenvalue weighted by Crippen LogP contribution is -2.31. The van der Waals surface area contributed by atoms with Crippen molar-refractivity contribution < 1.29 is 14.2 Å². The Labute approximate surface area is 312 Å². The molecular weight excluding hydrogens is 615 g/mol. The van der Waals surface area contributed by atoms with E-state index in [4.69, 9.17) is 14.2 Å². The predicted octanol–water partition coefficient (Wildman–Crippen LogP) is 13.9. The Hall–Kier alpha value is -1.20. The molecule has 50 heavy (non-hydrogen) atoms. The summed E-state index contributed by atoms with van der Waals surface area (Å²) >= 11 is 0. The summed E-state index contributed by atoms with van der Waals surface area (Å²) in [7, 11) is 6.11. The quantitative estimate of drug-likeness (QED) is 0.0481. The summed E-state index contributed by atoms with van der Waals surface area (Å²) in [6.45, 7) is 6.30. The summed E-state index contributed by atoms with van der Waals surface area (Å²) < 4.78 is 19.3. The molecule has 0 aromatic heterocycles. The van der Waals surface area contributed by atoms with E-state index in [1.165, 1.54) is 141 Å². The lowest BCUT2D eigenvalue weighted by atomic mass is 9.98. The first kappa shape index (κ1) is 46.8. The molecule has 1 aliphatic heterocycles. The molecule has 2 unspecified atom stereocenters. The second-order valence-corrected chi connectivity index (χ2v) is 15.3. The van der Waals surface area contributed by atoms with Crippen LogP contribution in [0.15, 0.2) is 48.6 Å². The van der Waals surface area contributed by atoms with Crippen LogP contribution in [0.1, 0.15) is 194 Å². The van der Waals surface area contributed by atoms with Crippen LogP contribution in [0.2, 0.25) is 0 Å². The van der Waals surface area contributed by atoms with Gasteiger partial charge in [-0.25, -0.2) is 0 Å². The zero-order valence-electron chi connectivity index (χ0n) is 34.2. The summed E-state index contributed by atoms with van der Waals surface area (Å²) in [5.74, 6) is -0.403. The van der Waals surface area contributed by atoms with Crippen molar-refractivity contribution in [3.8, 4) is 0 Å². The Bertz CT molecular complexity index is 783. The van der Waals surface area contributed by atoms with E-state index in [-0.39, 0.29) is 12.2 Å². The first-order chi connectivity index (χ1) is 24.6. The van der Waals surface area contributed by atoms with Gasteiger partial charge in [-0.05, 0) is 104 Å². The minimum absolute atomic E-state index is 0.143. The maximum atomic E-state index is 6.93. The fourth-order valence-electron chi connectivity index (χ4n) is 6.97. The molecule has 0 saturated carbocycles. The molecule has 0 amide bonds. The maximum Gasteiger partial charge on any atom is 0.169 e. The third-order valence-corrected chi connectivity index (χ3v) is 10.1. The number of methoxy groups -OCH3 is 1. The van der Waals surface area contributed by atoms with E-state index >= 15 is 0 Å². The van der Waals surface area contributed by atoms with Crippen LogP contribution in [-0.4, -0.2) is 57.3 Å². The van der Waals surface area contributed by atoms with Gasteiger partial charge in [0.2, 0.25) is 0 Å². The SMILES string of the molecule is CCCCC/C=C\C/C=C\CCCCCCCCC1(CCCCCCCC/C=C\C/C=C\CCCCC)OC(CCOC)C(CCN(C)C)O1. The Balaban J connectivity index is 2.37. The molecular formula is C46H85NO3. The van der Waals surface area contributed by atoms with E-state index in [2.05, 4.69) is 81.5 Å². The van der Waals surface area contributed by atoms with E-state index in [1.54, 1.807) is 7.11 Å². The van der Waals surface area contributed by atoms with Crippen molar-refractivity contribution in [3.63, 3.8) is 0 Å². The monoisotopic (exact) mass is 700 g/mol. The van der Waals surface area contributed by atoms with Crippen molar-refractivity contribution >= 4 is 0 Å². The molecule has 1 rings (SSSR count). The van der Waals surface area contributed by atoms with Crippen molar-refractivity contribution in [2.24, 2.45) is 0 Å². The molecule has 1 saturated heterocycles. The molecule has 292 valence electrons. The number of nitrogens with zero attached hydrogens (tertiary/aromatic N) is 1. The highest BCUT2D eigenvalue weighted by Crippen LogP contribution is 2.40. The van der Waals surface area contributed by atoms with E-state index in [9.17, 15) is 0 Å². The highest BCUT2D eigenvalue weighted by atomic mass is 16.8. The van der Waals surface area contributed by atoms with Gasteiger partial charge in [0.1, 0.15) is 0 Å². The van der Waals surface area contributed by atoms with Crippen molar-refractivity contribution in [3.05, 3.63) is 48.6 Å². The first-order valence-electron chi connectivity index (χ1n) is 21.7. The summed E-state index contributed by atoms with van der Waals surface area (Å²) in [5, 5.41) is 0. The molecule has 0 N–H and O–H groups in total. The number of rotatable bonds is 36. The van der Waals surface area contributed by atoms with Gasteiger partial charge in [-0.1, -0.05) is 140 Å². The zero-order valence-corrected chi connectivity index (χ0v) is 34.2. The van der Waals surface area contributed by atoms with Gasteiger partial charge in [-0.2, -0.15) is 0 Å². The third-order valence-electron chi connectivity index (χ3n) is 10.1. The van der Waals surface area contributed by atoms with Gasteiger partial charge in [0.25, 0.3) is 0 Å². The molecule has 0 aromatic rings. The molecule has 1 heterocycles. The maximum absolute atomic E-state index is 6.93. The van der Waals surface area contributed by atoms with Crippen LogP contribution >= 0.6 is 0 Å². The molecule has 0 spiro atoms. The predicted molar refractivity (Wildman–Crippen MR) is 220 cm³/mol. The van der Waals surface area contributed by atoms with Gasteiger partial charge in [0, 0.05) is 33.1 Å². The molecule has 2 atom stereocenters. The van der Waals surface area contributed by atoms with E-state index in [0.29, 0.717) is 0 Å². The summed E-state index contributed by atoms with van der Waals surface area (Å²) in [6, 6.07) is 0. The van der Waals surface area contributed by atoms with Crippen LogP contribution in [-0.2, 0) is 14.2 Å². The molecule has 4 nitrogen and oxygen atoms in total. The van der Waals surface area contributed by atoms with Crippen LogP contribution in [0.25, 0.3) is 0 Å². The molecule has 0 aliphatic carbocycles. The Morgan fingerprint density at radius 3 is 1.28 bits per heavy atom. The Morgan fingerprint density at radius 1 is 0.500 bits per heavy atom. The number of allylic oxidation sites excluding steroid dienone is 8. The minimum Gasteiger partial charge on any atom is -0.385 e. The zero-order chi connectivity index (χ0) is 36.2. The van der Waals surface area contributed by atoms with Crippen LogP contribution in [0, 0.1) is 0 Å². The van der Waals surface area contributed by atoms with Crippen molar-refractivity contribution in [2.45, 2.75) is 212 Å². The molecule has 0 aromatic carbocycles. The van der Waals surface area contributed by atoms with E-state index in [1.807, 2.05) is 0 Å². The largest absolute Gasteiger partial charge is 0.385 e. The van der Waals surface area contributed by atoms with Crippen LogP contribution in [0.3, 0.4) is 0 Å². The summed E-state index contributed by atoms with van der Waals surface area (Å²) in [6.07, 6.45) is 53.8. The Morgan fingerprint density at radius 2 is 0.880 bits per heavy atom. The summed E-state index contributed by atoms with van der Waals surface area (Å²) in [5.41, 5.74) is 0. The third kappa shape index (κ3) is 27.5. The van der Waals surface area contributed by atoms with Gasteiger partial charge in [0.05, 0.1) is 12.2 Å².